The third kappa shape index (κ3) is 3.96. The summed E-state index contributed by atoms with van der Waals surface area (Å²) in [5.41, 5.74) is 4.16. The van der Waals surface area contributed by atoms with Crippen LogP contribution in [0.5, 0.6) is 0 Å². The normalized spacial score (nSPS) is 14.5. The highest BCUT2D eigenvalue weighted by atomic mass is 16.2. The molecule has 1 saturated heterocycles. The smallest absolute Gasteiger partial charge is 0.238 e. The van der Waals surface area contributed by atoms with Crippen molar-refractivity contribution in [3.05, 3.63) is 47.4 Å². The van der Waals surface area contributed by atoms with Crippen molar-refractivity contribution in [1.29, 1.82) is 0 Å². The van der Waals surface area contributed by atoms with Crippen molar-refractivity contribution in [1.82, 2.24) is 14.9 Å². The van der Waals surface area contributed by atoms with E-state index in [-0.39, 0.29) is 5.91 Å². The largest absolute Gasteiger partial charge is 0.353 e. The number of benzene rings is 1. The molecule has 1 aromatic heterocycles. The van der Waals surface area contributed by atoms with E-state index in [0.29, 0.717) is 12.6 Å². The molecule has 0 aliphatic carbocycles. The lowest BCUT2D eigenvalue weighted by Gasteiger charge is -2.45. The van der Waals surface area contributed by atoms with Crippen molar-refractivity contribution >= 4 is 17.4 Å². The summed E-state index contributed by atoms with van der Waals surface area (Å²) >= 11 is 0. The monoisotopic (exact) mass is 339 g/mol. The molecule has 3 rings (SSSR count). The molecule has 1 fully saturated rings. The van der Waals surface area contributed by atoms with Gasteiger partial charge in [-0.25, -0.2) is 9.97 Å². The van der Waals surface area contributed by atoms with Crippen molar-refractivity contribution in [3.8, 4) is 0 Å². The first-order chi connectivity index (χ1) is 11.9. The van der Waals surface area contributed by atoms with E-state index in [9.17, 15) is 4.79 Å². The molecule has 1 aliphatic heterocycles. The number of carbonyl (C=O) groups is 1. The standard InChI is InChI=1S/C19H25N5O/c1-13-5-7-16(8-6-13)22-18(25)11-23(4)17-9-24(10-17)19-14(2)15(3)20-12-21-19/h5-8,12,17H,9-11H2,1-4H3,(H,22,25). The van der Waals surface area contributed by atoms with E-state index in [0.717, 1.165) is 35.9 Å². The van der Waals surface area contributed by atoms with Crippen LogP contribution in [0.2, 0.25) is 0 Å². The van der Waals surface area contributed by atoms with Gasteiger partial charge in [0.15, 0.2) is 0 Å². The zero-order valence-electron chi connectivity index (χ0n) is 15.3. The Morgan fingerprint density at radius 1 is 1.20 bits per heavy atom. The number of amides is 1. The number of aromatic nitrogens is 2. The summed E-state index contributed by atoms with van der Waals surface area (Å²) in [5, 5.41) is 2.95. The summed E-state index contributed by atoms with van der Waals surface area (Å²) in [4.78, 5) is 25.2. The summed E-state index contributed by atoms with van der Waals surface area (Å²) in [7, 11) is 1.99. The van der Waals surface area contributed by atoms with Crippen LogP contribution in [0.15, 0.2) is 30.6 Å². The Balaban J connectivity index is 1.50. The maximum atomic E-state index is 12.2. The van der Waals surface area contributed by atoms with Crippen molar-refractivity contribution in [2.24, 2.45) is 0 Å². The van der Waals surface area contributed by atoms with Crippen LogP contribution in [0.25, 0.3) is 0 Å². The molecule has 1 amide bonds. The topological polar surface area (TPSA) is 61.4 Å². The Hall–Kier alpha value is -2.47. The van der Waals surface area contributed by atoms with Crippen LogP contribution in [0.4, 0.5) is 11.5 Å². The molecular weight excluding hydrogens is 314 g/mol. The van der Waals surface area contributed by atoms with Crippen LogP contribution in [-0.2, 0) is 4.79 Å². The molecule has 6 nitrogen and oxygen atoms in total. The van der Waals surface area contributed by atoms with E-state index >= 15 is 0 Å². The second kappa shape index (κ2) is 7.19. The summed E-state index contributed by atoms with van der Waals surface area (Å²) in [6, 6.07) is 8.21. The van der Waals surface area contributed by atoms with E-state index in [1.54, 1.807) is 6.33 Å². The Morgan fingerprint density at radius 3 is 2.56 bits per heavy atom. The molecule has 6 heteroatoms. The number of nitrogens with one attached hydrogen (secondary N) is 1. The van der Waals surface area contributed by atoms with Crippen LogP contribution < -0.4 is 10.2 Å². The highest BCUT2D eigenvalue weighted by Crippen LogP contribution is 2.25. The van der Waals surface area contributed by atoms with E-state index in [2.05, 4.69) is 32.0 Å². The van der Waals surface area contributed by atoms with Gasteiger partial charge in [-0.1, -0.05) is 17.7 Å². The molecule has 0 spiro atoms. The summed E-state index contributed by atoms with van der Waals surface area (Å²) in [6.07, 6.45) is 1.61. The number of likely N-dealkylation sites (N-methyl/N-ethyl adjacent to an activating group) is 1. The van der Waals surface area contributed by atoms with Gasteiger partial charge < -0.3 is 10.2 Å². The van der Waals surface area contributed by atoms with Crippen LogP contribution >= 0.6 is 0 Å². The predicted molar refractivity (Wildman–Crippen MR) is 99.9 cm³/mol. The lowest BCUT2D eigenvalue weighted by atomic mass is 10.1. The lowest BCUT2D eigenvalue weighted by molar-refractivity contribution is -0.117. The summed E-state index contributed by atoms with van der Waals surface area (Å²) in [6.45, 7) is 8.23. The van der Waals surface area contributed by atoms with Gasteiger partial charge in [-0.05, 0) is 40.0 Å². The average molecular weight is 339 g/mol. The molecule has 1 N–H and O–H groups in total. The molecule has 0 saturated carbocycles. The van der Waals surface area contributed by atoms with Gasteiger partial charge in [0.1, 0.15) is 12.1 Å². The molecule has 0 radical (unpaired) electrons. The van der Waals surface area contributed by atoms with Crippen molar-refractivity contribution in [3.63, 3.8) is 0 Å². The molecule has 0 unspecified atom stereocenters. The zero-order chi connectivity index (χ0) is 18.0. The second-order valence-electron chi connectivity index (χ2n) is 6.80. The highest BCUT2D eigenvalue weighted by molar-refractivity contribution is 5.92. The van der Waals surface area contributed by atoms with Crippen LogP contribution in [0.1, 0.15) is 16.8 Å². The fourth-order valence-electron chi connectivity index (χ4n) is 2.94. The first-order valence-electron chi connectivity index (χ1n) is 8.54. The Morgan fingerprint density at radius 2 is 1.88 bits per heavy atom. The highest BCUT2D eigenvalue weighted by Gasteiger charge is 2.32. The number of hydrogen-bond acceptors (Lipinski definition) is 5. The Labute approximate surface area is 148 Å². The maximum Gasteiger partial charge on any atom is 0.238 e. The predicted octanol–water partition coefficient (Wildman–Crippen LogP) is 2.16. The van der Waals surface area contributed by atoms with Crippen LogP contribution in [-0.4, -0.2) is 53.5 Å². The third-order valence-corrected chi connectivity index (χ3v) is 4.82. The number of anilines is 2. The Kier molecular flexibility index (Phi) is 4.99. The minimum atomic E-state index is 0.0128. The summed E-state index contributed by atoms with van der Waals surface area (Å²) in [5.74, 6) is 1.01. The lowest BCUT2D eigenvalue weighted by Crippen LogP contribution is -2.60. The van der Waals surface area contributed by atoms with Crippen LogP contribution in [0, 0.1) is 20.8 Å². The minimum absolute atomic E-state index is 0.0128. The van der Waals surface area contributed by atoms with Gasteiger partial charge in [0.2, 0.25) is 5.91 Å². The number of hydrogen-bond donors (Lipinski definition) is 1. The van der Waals surface area contributed by atoms with Gasteiger partial charge in [0.05, 0.1) is 6.54 Å². The van der Waals surface area contributed by atoms with Gasteiger partial charge >= 0.3 is 0 Å². The minimum Gasteiger partial charge on any atom is -0.353 e. The SMILES string of the molecule is Cc1ccc(NC(=O)CN(C)C2CN(c3ncnc(C)c3C)C2)cc1. The molecule has 1 aliphatic rings. The van der Waals surface area contributed by atoms with Crippen molar-refractivity contribution in [2.45, 2.75) is 26.8 Å². The van der Waals surface area contributed by atoms with Gasteiger partial charge in [-0.2, -0.15) is 0 Å². The molecule has 1 aromatic carbocycles. The number of rotatable bonds is 5. The number of nitrogens with zero attached hydrogens (tertiary/aromatic N) is 4. The second-order valence-corrected chi connectivity index (χ2v) is 6.80. The van der Waals surface area contributed by atoms with Gasteiger partial charge in [-0.15, -0.1) is 0 Å². The molecule has 2 heterocycles. The van der Waals surface area contributed by atoms with E-state index in [4.69, 9.17) is 0 Å². The van der Waals surface area contributed by atoms with E-state index in [1.165, 1.54) is 5.56 Å². The third-order valence-electron chi connectivity index (χ3n) is 4.82. The summed E-state index contributed by atoms with van der Waals surface area (Å²) < 4.78 is 0. The first kappa shape index (κ1) is 17.4. The van der Waals surface area contributed by atoms with Crippen LogP contribution in [0.3, 0.4) is 0 Å². The van der Waals surface area contributed by atoms with Crippen molar-refractivity contribution < 1.29 is 4.79 Å². The quantitative estimate of drug-likeness (QED) is 0.904. The first-order valence-corrected chi connectivity index (χ1v) is 8.54. The van der Waals surface area contributed by atoms with Crippen molar-refractivity contribution in [2.75, 3.05) is 36.9 Å². The van der Waals surface area contributed by atoms with E-state index < -0.39 is 0 Å². The maximum absolute atomic E-state index is 12.2. The molecule has 132 valence electrons. The zero-order valence-corrected chi connectivity index (χ0v) is 15.3. The average Bonchev–Trinajstić information content (AvgIpc) is 2.52. The number of carbonyl (C=O) groups excluding carboxylic acids is 1. The Bertz CT molecular complexity index is 753. The van der Waals surface area contributed by atoms with Gasteiger partial charge in [0.25, 0.3) is 0 Å². The fourth-order valence-corrected chi connectivity index (χ4v) is 2.94. The van der Waals surface area contributed by atoms with E-state index in [1.807, 2.05) is 45.2 Å². The fraction of sp³-hybridized carbons (Fsp3) is 0.421. The number of aryl methyl sites for hydroxylation is 2. The molecule has 0 atom stereocenters. The molecular formula is C19H25N5O. The molecule has 2 aromatic rings. The van der Waals surface area contributed by atoms with Gasteiger partial charge in [-0.3, -0.25) is 9.69 Å². The van der Waals surface area contributed by atoms with Gasteiger partial charge in [0, 0.05) is 36.1 Å². The molecule has 0 bridgehead atoms. The molecule has 25 heavy (non-hydrogen) atoms.